The molecule has 0 bridgehead atoms. The second kappa shape index (κ2) is 12.8. The van der Waals surface area contributed by atoms with Crippen LogP contribution in [0.2, 0.25) is 18.1 Å². The van der Waals surface area contributed by atoms with Crippen LogP contribution >= 0.6 is 0 Å². The molecule has 4 heteroatoms. The normalized spacial score (nSPS) is 27.3. The zero-order chi connectivity index (χ0) is 21.2. The first-order valence-electron chi connectivity index (χ1n) is 12.7. The zero-order valence-electron chi connectivity index (χ0n) is 19.0. The van der Waals surface area contributed by atoms with Crippen molar-refractivity contribution in [2.75, 3.05) is 0 Å². The number of hydrogen-bond donors (Lipinski definition) is 0. The summed E-state index contributed by atoms with van der Waals surface area (Å²) in [5.41, 5.74) is 1.29. The molecule has 1 aromatic carbocycles. The summed E-state index contributed by atoms with van der Waals surface area (Å²) in [6.45, 7) is -0.410. The van der Waals surface area contributed by atoms with Crippen LogP contribution in [0.4, 0.5) is 8.78 Å². The molecule has 2 fully saturated rings. The lowest BCUT2D eigenvalue weighted by molar-refractivity contribution is -0.0498. The van der Waals surface area contributed by atoms with Gasteiger partial charge in [-0.25, -0.2) is 0 Å². The minimum absolute atomic E-state index is 0.263. The minimum atomic E-state index is -2.74. The lowest BCUT2D eigenvalue weighted by Crippen LogP contribution is -2.21. The van der Waals surface area contributed by atoms with Gasteiger partial charge in [-0.15, -0.1) is 0 Å². The standard InChI is InChI=1S/C26H42F2OSi/c1-2-3-18-30-19-16-22(17-20-30)7-5-4-6-21-8-10-23(11-9-21)24-12-14-25(15-13-24)29-26(27)28/h12-15,21-23,26,30H,2-11,16-20H2,1H3. The molecule has 0 aromatic heterocycles. The van der Waals surface area contributed by atoms with Gasteiger partial charge in [0, 0.05) is 8.80 Å². The van der Waals surface area contributed by atoms with Crippen LogP contribution in [0.5, 0.6) is 5.75 Å². The Hall–Kier alpha value is -0.903. The Kier molecular flexibility index (Phi) is 10.2. The Labute approximate surface area is 184 Å². The maximum atomic E-state index is 12.3. The summed E-state index contributed by atoms with van der Waals surface area (Å²) in [5, 5.41) is 0. The molecular formula is C26H42F2OSi. The fourth-order valence-electron chi connectivity index (χ4n) is 5.87. The number of halogens is 2. The first-order chi connectivity index (χ1) is 14.6. The van der Waals surface area contributed by atoms with E-state index >= 15 is 0 Å². The first kappa shape index (κ1) is 23.8. The molecule has 0 unspecified atom stereocenters. The maximum absolute atomic E-state index is 12.3. The topological polar surface area (TPSA) is 9.23 Å². The molecule has 1 aliphatic heterocycles. The van der Waals surface area contributed by atoms with Gasteiger partial charge in [0.25, 0.3) is 0 Å². The average molecular weight is 437 g/mol. The van der Waals surface area contributed by atoms with E-state index in [2.05, 4.69) is 11.7 Å². The fourth-order valence-corrected chi connectivity index (χ4v) is 9.61. The van der Waals surface area contributed by atoms with Gasteiger partial charge in [-0.3, -0.25) is 0 Å². The molecule has 170 valence electrons. The largest absolute Gasteiger partial charge is 0.435 e. The van der Waals surface area contributed by atoms with Crippen molar-refractivity contribution in [1.82, 2.24) is 0 Å². The number of hydrogen-bond acceptors (Lipinski definition) is 1. The highest BCUT2D eigenvalue weighted by atomic mass is 28.3. The molecule has 0 N–H and O–H groups in total. The van der Waals surface area contributed by atoms with Gasteiger partial charge in [-0.2, -0.15) is 8.78 Å². The molecule has 0 amide bonds. The molecule has 0 atom stereocenters. The lowest BCUT2D eigenvalue weighted by Gasteiger charge is -2.30. The van der Waals surface area contributed by atoms with Crippen LogP contribution in [0.15, 0.2) is 24.3 Å². The molecule has 1 saturated heterocycles. The number of benzene rings is 1. The van der Waals surface area contributed by atoms with Crippen molar-refractivity contribution in [2.45, 2.75) is 115 Å². The van der Waals surface area contributed by atoms with Gasteiger partial charge < -0.3 is 4.74 Å². The predicted molar refractivity (Wildman–Crippen MR) is 125 cm³/mol. The summed E-state index contributed by atoms with van der Waals surface area (Å²) in [5.74, 6) is 2.80. The van der Waals surface area contributed by atoms with Gasteiger partial charge in [-0.05, 0) is 61.1 Å². The van der Waals surface area contributed by atoms with E-state index < -0.39 is 6.61 Å². The SMILES string of the molecule is CCCC[SiH]1CCC(CCCCC2CCC(c3ccc(OC(F)F)cc3)CC2)CC1. The Morgan fingerprint density at radius 3 is 2.03 bits per heavy atom. The molecular weight excluding hydrogens is 394 g/mol. The predicted octanol–water partition coefficient (Wildman–Crippen LogP) is 8.56. The Morgan fingerprint density at radius 1 is 0.867 bits per heavy atom. The van der Waals surface area contributed by atoms with Crippen molar-refractivity contribution in [3.8, 4) is 5.75 Å². The highest BCUT2D eigenvalue weighted by molar-refractivity contribution is 6.58. The van der Waals surface area contributed by atoms with Crippen molar-refractivity contribution >= 4 is 8.80 Å². The smallest absolute Gasteiger partial charge is 0.387 e. The van der Waals surface area contributed by atoms with Crippen LogP contribution in [-0.2, 0) is 0 Å². The van der Waals surface area contributed by atoms with E-state index in [1.807, 2.05) is 12.1 Å². The van der Waals surface area contributed by atoms with Gasteiger partial charge >= 0.3 is 6.61 Å². The van der Waals surface area contributed by atoms with E-state index in [-0.39, 0.29) is 14.5 Å². The van der Waals surface area contributed by atoms with Crippen LogP contribution in [-0.4, -0.2) is 15.4 Å². The van der Waals surface area contributed by atoms with Crippen molar-refractivity contribution in [3.05, 3.63) is 29.8 Å². The van der Waals surface area contributed by atoms with Gasteiger partial charge in [0.05, 0.1) is 0 Å². The number of rotatable bonds is 11. The third kappa shape index (κ3) is 7.98. The second-order valence-corrected chi connectivity index (χ2v) is 13.4. The average Bonchev–Trinajstić information content (AvgIpc) is 2.77. The summed E-state index contributed by atoms with van der Waals surface area (Å²) in [4.78, 5) is 0. The van der Waals surface area contributed by atoms with Gasteiger partial charge in [-0.1, -0.05) is 88.6 Å². The molecule has 1 heterocycles. The fraction of sp³-hybridized carbons (Fsp3) is 0.769. The minimum Gasteiger partial charge on any atom is -0.435 e. The van der Waals surface area contributed by atoms with Crippen LogP contribution < -0.4 is 4.74 Å². The number of ether oxygens (including phenoxy) is 1. The van der Waals surface area contributed by atoms with E-state index in [1.165, 1.54) is 69.8 Å². The third-order valence-corrected chi connectivity index (χ3v) is 11.4. The quantitative estimate of drug-likeness (QED) is 0.249. The van der Waals surface area contributed by atoms with Crippen molar-refractivity contribution in [3.63, 3.8) is 0 Å². The highest BCUT2D eigenvalue weighted by Crippen LogP contribution is 2.38. The van der Waals surface area contributed by atoms with Crippen LogP contribution in [0.1, 0.15) is 95.5 Å². The molecule has 1 nitrogen and oxygen atoms in total. The zero-order valence-corrected chi connectivity index (χ0v) is 20.1. The van der Waals surface area contributed by atoms with Crippen LogP contribution in [0.3, 0.4) is 0 Å². The van der Waals surface area contributed by atoms with E-state index in [9.17, 15) is 8.78 Å². The molecule has 3 rings (SSSR count). The first-order valence-corrected chi connectivity index (χ1v) is 15.1. The van der Waals surface area contributed by atoms with Gasteiger partial charge in [0.15, 0.2) is 0 Å². The van der Waals surface area contributed by atoms with Crippen molar-refractivity contribution in [1.29, 1.82) is 0 Å². The van der Waals surface area contributed by atoms with E-state index in [1.54, 1.807) is 43.1 Å². The number of unbranched alkanes of at least 4 members (excludes halogenated alkanes) is 2. The van der Waals surface area contributed by atoms with Crippen LogP contribution in [0, 0.1) is 11.8 Å². The summed E-state index contributed by atoms with van der Waals surface area (Å²) in [7, 11) is -0.329. The summed E-state index contributed by atoms with van der Waals surface area (Å²) in [6.07, 6.45) is 16.9. The Bertz CT molecular complexity index is 575. The highest BCUT2D eigenvalue weighted by Gasteiger charge is 2.23. The molecule has 30 heavy (non-hydrogen) atoms. The summed E-state index contributed by atoms with van der Waals surface area (Å²) < 4.78 is 29.0. The van der Waals surface area contributed by atoms with Crippen molar-refractivity contribution in [2.24, 2.45) is 11.8 Å². The molecule has 2 aliphatic rings. The summed E-state index contributed by atoms with van der Waals surface area (Å²) >= 11 is 0. The third-order valence-electron chi connectivity index (χ3n) is 7.83. The molecule has 1 aromatic rings. The number of alkyl halides is 2. The van der Waals surface area contributed by atoms with E-state index in [4.69, 9.17) is 0 Å². The van der Waals surface area contributed by atoms with Crippen LogP contribution in [0.25, 0.3) is 0 Å². The molecule has 1 aliphatic carbocycles. The second-order valence-electron chi connectivity index (χ2n) is 9.98. The van der Waals surface area contributed by atoms with Crippen molar-refractivity contribution < 1.29 is 13.5 Å². The molecule has 0 spiro atoms. The van der Waals surface area contributed by atoms with Gasteiger partial charge in [0.1, 0.15) is 5.75 Å². The maximum Gasteiger partial charge on any atom is 0.387 e. The Balaban J connectivity index is 1.26. The summed E-state index contributed by atoms with van der Waals surface area (Å²) in [6, 6.07) is 12.2. The van der Waals surface area contributed by atoms with E-state index in [0.29, 0.717) is 5.92 Å². The monoisotopic (exact) mass is 436 g/mol. The molecule has 1 saturated carbocycles. The van der Waals surface area contributed by atoms with Gasteiger partial charge in [0.2, 0.25) is 0 Å². The lowest BCUT2D eigenvalue weighted by atomic mass is 9.77. The molecule has 0 radical (unpaired) electrons. The van der Waals surface area contributed by atoms with E-state index in [0.717, 1.165) is 11.8 Å². The Morgan fingerprint density at radius 2 is 1.47 bits per heavy atom.